The van der Waals surface area contributed by atoms with Crippen LogP contribution < -0.4 is 0 Å². The number of benzene rings is 1. The van der Waals surface area contributed by atoms with E-state index in [1.807, 2.05) is 24.3 Å². The van der Waals surface area contributed by atoms with Gasteiger partial charge in [-0.2, -0.15) is 0 Å². The monoisotopic (exact) mass is 226 g/mol. The lowest BCUT2D eigenvalue weighted by Crippen LogP contribution is -1.87. The highest BCUT2D eigenvalue weighted by atomic mass is 35.5. The SMILES string of the molecule is S=c1[nH]nc(Cc2cccc(Cl)c2)o1. The molecular weight excluding hydrogens is 220 g/mol. The molecule has 0 saturated heterocycles. The number of hydrogen-bond donors (Lipinski definition) is 1. The Balaban J connectivity index is 2.22. The van der Waals surface area contributed by atoms with Gasteiger partial charge in [0.25, 0.3) is 4.84 Å². The lowest BCUT2D eigenvalue weighted by atomic mass is 10.1. The number of H-pyrrole nitrogens is 1. The molecule has 0 aliphatic heterocycles. The summed E-state index contributed by atoms with van der Waals surface area (Å²) in [4.78, 5) is 0.294. The zero-order valence-corrected chi connectivity index (χ0v) is 8.73. The topological polar surface area (TPSA) is 41.8 Å². The molecule has 1 N–H and O–H groups in total. The summed E-state index contributed by atoms with van der Waals surface area (Å²) in [6, 6.07) is 7.54. The van der Waals surface area contributed by atoms with Gasteiger partial charge in [0.1, 0.15) is 0 Å². The van der Waals surface area contributed by atoms with Crippen LogP contribution >= 0.6 is 23.8 Å². The van der Waals surface area contributed by atoms with Gasteiger partial charge in [-0.3, -0.25) is 0 Å². The molecule has 0 saturated carbocycles. The third kappa shape index (κ3) is 2.21. The summed E-state index contributed by atoms with van der Waals surface area (Å²) in [7, 11) is 0. The van der Waals surface area contributed by atoms with Crippen molar-refractivity contribution in [3.8, 4) is 0 Å². The summed E-state index contributed by atoms with van der Waals surface area (Å²) in [5, 5.41) is 7.18. The molecule has 0 unspecified atom stereocenters. The number of aromatic amines is 1. The van der Waals surface area contributed by atoms with Gasteiger partial charge in [-0.25, -0.2) is 5.10 Å². The second-order valence-corrected chi connectivity index (χ2v) is 3.62. The minimum atomic E-state index is 0.294. The first-order valence-corrected chi connectivity index (χ1v) is 4.81. The normalized spacial score (nSPS) is 10.4. The number of rotatable bonds is 2. The van der Waals surface area contributed by atoms with Crippen LogP contribution in [0.5, 0.6) is 0 Å². The van der Waals surface area contributed by atoms with E-state index in [0.29, 0.717) is 22.2 Å². The molecule has 0 fully saturated rings. The highest BCUT2D eigenvalue weighted by Crippen LogP contribution is 2.13. The Kier molecular flexibility index (Phi) is 2.65. The van der Waals surface area contributed by atoms with Crippen molar-refractivity contribution in [3.05, 3.63) is 45.6 Å². The molecule has 0 spiro atoms. The molecule has 1 heterocycles. The molecule has 0 aliphatic carbocycles. The molecule has 1 aromatic heterocycles. The molecule has 0 aliphatic rings. The summed E-state index contributed by atoms with van der Waals surface area (Å²) < 4.78 is 5.13. The lowest BCUT2D eigenvalue weighted by molar-refractivity contribution is 0.491. The standard InChI is InChI=1S/C9H7ClN2OS/c10-7-3-1-2-6(4-7)5-8-11-12-9(14)13-8/h1-4H,5H2,(H,12,14). The van der Waals surface area contributed by atoms with Crippen LogP contribution in [0.25, 0.3) is 0 Å². The van der Waals surface area contributed by atoms with Crippen LogP contribution in [-0.4, -0.2) is 10.2 Å². The van der Waals surface area contributed by atoms with E-state index < -0.39 is 0 Å². The highest BCUT2D eigenvalue weighted by Gasteiger charge is 2.01. The third-order valence-electron chi connectivity index (χ3n) is 1.73. The molecule has 3 nitrogen and oxygen atoms in total. The van der Waals surface area contributed by atoms with E-state index in [2.05, 4.69) is 10.2 Å². The van der Waals surface area contributed by atoms with Gasteiger partial charge in [-0.05, 0) is 29.9 Å². The minimum absolute atomic E-state index is 0.294. The Morgan fingerprint density at radius 2 is 2.36 bits per heavy atom. The van der Waals surface area contributed by atoms with Crippen LogP contribution in [0, 0.1) is 4.84 Å². The summed E-state index contributed by atoms with van der Waals surface area (Å²) in [6.07, 6.45) is 0.591. The maximum absolute atomic E-state index is 5.84. The molecular formula is C9H7ClN2OS. The number of aromatic nitrogens is 2. The fraction of sp³-hybridized carbons (Fsp3) is 0.111. The minimum Gasteiger partial charge on any atom is -0.414 e. The van der Waals surface area contributed by atoms with Crippen LogP contribution in [0.4, 0.5) is 0 Å². The zero-order valence-electron chi connectivity index (χ0n) is 7.16. The Labute approximate surface area is 90.7 Å². The van der Waals surface area contributed by atoms with Crippen molar-refractivity contribution in [3.63, 3.8) is 0 Å². The van der Waals surface area contributed by atoms with Gasteiger partial charge >= 0.3 is 0 Å². The van der Waals surface area contributed by atoms with Gasteiger partial charge in [0, 0.05) is 5.02 Å². The van der Waals surface area contributed by atoms with E-state index >= 15 is 0 Å². The van der Waals surface area contributed by atoms with Crippen molar-refractivity contribution in [2.75, 3.05) is 0 Å². The first kappa shape index (κ1) is 9.43. The van der Waals surface area contributed by atoms with Gasteiger partial charge < -0.3 is 4.42 Å². The predicted molar refractivity (Wildman–Crippen MR) is 55.9 cm³/mol. The van der Waals surface area contributed by atoms with E-state index in [-0.39, 0.29) is 0 Å². The Hall–Kier alpha value is -1.13. The van der Waals surface area contributed by atoms with Crippen LogP contribution in [-0.2, 0) is 6.42 Å². The Morgan fingerprint density at radius 1 is 1.50 bits per heavy atom. The van der Waals surface area contributed by atoms with Crippen molar-refractivity contribution in [2.24, 2.45) is 0 Å². The molecule has 72 valence electrons. The first-order chi connectivity index (χ1) is 6.74. The van der Waals surface area contributed by atoms with E-state index in [1.165, 1.54) is 0 Å². The number of halogens is 1. The molecule has 0 radical (unpaired) electrons. The summed E-state index contributed by atoms with van der Waals surface area (Å²) in [5.74, 6) is 0.567. The quantitative estimate of drug-likeness (QED) is 0.801. The van der Waals surface area contributed by atoms with Gasteiger partial charge in [0.05, 0.1) is 6.42 Å². The molecule has 5 heteroatoms. The van der Waals surface area contributed by atoms with Crippen LogP contribution in [0.3, 0.4) is 0 Å². The molecule has 0 bridgehead atoms. The van der Waals surface area contributed by atoms with Crippen LogP contribution in [0.1, 0.15) is 11.5 Å². The summed E-state index contributed by atoms with van der Waals surface area (Å²) in [5.41, 5.74) is 1.04. The highest BCUT2D eigenvalue weighted by molar-refractivity contribution is 7.71. The van der Waals surface area contributed by atoms with Gasteiger partial charge in [-0.15, -0.1) is 5.10 Å². The summed E-state index contributed by atoms with van der Waals surface area (Å²) in [6.45, 7) is 0. The largest absolute Gasteiger partial charge is 0.414 e. The zero-order chi connectivity index (χ0) is 9.97. The molecule has 2 aromatic rings. The van der Waals surface area contributed by atoms with Gasteiger partial charge in [-0.1, -0.05) is 23.7 Å². The van der Waals surface area contributed by atoms with Crippen molar-refractivity contribution in [2.45, 2.75) is 6.42 Å². The fourth-order valence-electron chi connectivity index (χ4n) is 1.16. The van der Waals surface area contributed by atoms with E-state index in [1.54, 1.807) is 0 Å². The lowest BCUT2D eigenvalue weighted by Gasteiger charge is -1.96. The Morgan fingerprint density at radius 3 is 3.00 bits per heavy atom. The van der Waals surface area contributed by atoms with E-state index in [4.69, 9.17) is 28.2 Å². The van der Waals surface area contributed by atoms with Crippen LogP contribution in [0.15, 0.2) is 28.7 Å². The number of nitrogens with zero attached hydrogens (tertiary/aromatic N) is 1. The van der Waals surface area contributed by atoms with Gasteiger partial charge in [0.2, 0.25) is 5.89 Å². The first-order valence-electron chi connectivity index (χ1n) is 4.03. The smallest absolute Gasteiger partial charge is 0.284 e. The van der Waals surface area contributed by atoms with Crippen molar-refractivity contribution in [1.82, 2.24) is 10.2 Å². The van der Waals surface area contributed by atoms with Crippen molar-refractivity contribution < 1.29 is 4.42 Å². The molecule has 0 atom stereocenters. The molecule has 1 aromatic carbocycles. The third-order valence-corrected chi connectivity index (χ3v) is 2.14. The number of nitrogens with one attached hydrogen (secondary N) is 1. The van der Waals surface area contributed by atoms with Crippen LogP contribution in [0.2, 0.25) is 5.02 Å². The van der Waals surface area contributed by atoms with Gasteiger partial charge in [0.15, 0.2) is 0 Å². The number of hydrogen-bond acceptors (Lipinski definition) is 3. The van der Waals surface area contributed by atoms with Crippen molar-refractivity contribution >= 4 is 23.8 Å². The molecule has 2 rings (SSSR count). The maximum Gasteiger partial charge on any atom is 0.284 e. The fourth-order valence-corrected chi connectivity index (χ4v) is 1.51. The van der Waals surface area contributed by atoms with E-state index in [0.717, 1.165) is 5.56 Å². The second kappa shape index (κ2) is 3.94. The predicted octanol–water partition coefficient (Wildman–Crippen LogP) is 2.98. The molecule has 14 heavy (non-hydrogen) atoms. The average Bonchev–Trinajstić information content (AvgIpc) is 2.51. The average molecular weight is 227 g/mol. The Bertz CT molecular complexity index is 491. The second-order valence-electron chi connectivity index (χ2n) is 2.81. The maximum atomic E-state index is 5.84. The summed E-state index contributed by atoms with van der Waals surface area (Å²) >= 11 is 10.6. The van der Waals surface area contributed by atoms with E-state index in [9.17, 15) is 0 Å². The molecule has 0 amide bonds. The van der Waals surface area contributed by atoms with Crippen molar-refractivity contribution in [1.29, 1.82) is 0 Å².